The molecule has 0 spiro atoms. The number of anilines is 1. The number of carbonyl (C=O) groups is 1. The highest BCUT2D eigenvalue weighted by molar-refractivity contribution is 7.21. The molecule has 29 heavy (non-hydrogen) atoms. The number of aromatic nitrogens is 1. The van der Waals surface area contributed by atoms with Crippen LogP contribution in [0.1, 0.15) is 21.8 Å². The topological polar surface area (TPSA) is 83.3 Å². The summed E-state index contributed by atoms with van der Waals surface area (Å²) in [4.78, 5) is 20.1. The van der Waals surface area contributed by atoms with Crippen LogP contribution in [0.2, 0.25) is 0 Å². The summed E-state index contributed by atoms with van der Waals surface area (Å²) in [5, 5.41) is 6.81. The van der Waals surface area contributed by atoms with Crippen LogP contribution in [-0.2, 0) is 0 Å². The molecule has 8 heteroatoms. The number of nitrogens with two attached hydrogens (primary N) is 1. The SMILES string of the molecule is C=C(CCNC(=O)c1sc2nc(C)ccc2c1N)/C(F)=C\C(=C)N1CCNCC1. The van der Waals surface area contributed by atoms with Crippen molar-refractivity contribution in [2.75, 3.05) is 38.5 Å². The minimum atomic E-state index is -0.413. The Morgan fingerprint density at radius 1 is 1.41 bits per heavy atom. The third kappa shape index (κ3) is 5.02. The molecular weight excluding hydrogens is 389 g/mol. The number of nitrogens with zero attached hydrogens (tertiary/aromatic N) is 2. The summed E-state index contributed by atoms with van der Waals surface area (Å²) in [5.41, 5.74) is 8.35. The average molecular weight is 416 g/mol. The molecule has 3 heterocycles. The second-order valence-corrected chi connectivity index (χ2v) is 7.98. The Labute approximate surface area is 174 Å². The number of carbonyl (C=O) groups excluding carboxylic acids is 1. The number of nitrogen functional groups attached to an aromatic ring is 1. The molecule has 154 valence electrons. The molecule has 6 nitrogen and oxygen atoms in total. The molecule has 0 aliphatic carbocycles. The van der Waals surface area contributed by atoms with E-state index in [1.165, 1.54) is 17.4 Å². The molecule has 3 rings (SSSR count). The summed E-state index contributed by atoms with van der Waals surface area (Å²) >= 11 is 1.26. The number of thiophene rings is 1. The van der Waals surface area contributed by atoms with E-state index < -0.39 is 5.83 Å². The van der Waals surface area contributed by atoms with E-state index >= 15 is 0 Å². The Morgan fingerprint density at radius 2 is 2.14 bits per heavy atom. The first-order chi connectivity index (χ1) is 13.9. The third-order valence-electron chi connectivity index (χ3n) is 4.81. The number of piperazine rings is 1. The van der Waals surface area contributed by atoms with Crippen molar-refractivity contribution >= 4 is 33.1 Å². The van der Waals surface area contributed by atoms with Crippen LogP contribution in [0.5, 0.6) is 0 Å². The molecule has 1 amide bonds. The predicted molar refractivity (Wildman–Crippen MR) is 118 cm³/mol. The second-order valence-electron chi connectivity index (χ2n) is 6.98. The molecule has 0 aromatic carbocycles. The van der Waals surface area contributed by atoms with E-state index in [1.54, 1.807) is 0 Å². The number of rotatable bonds is 7. The molecule has 0 radical (unpaired) electrons. The van der Waals surface area contributed by atoms with E-state index in [0.717, 1.165) is 42.1 Å². The Kier molecular flexibility index (Phi) is 6.66. The van der Waals surface area contributed by atoms with E-state index in [-0.39, 0.29) is 12.5 Å². The van der Waals surface area contributed by atoms with Gasteiger partial charge in [0.05, 0.1) is 5.69 Å². The second kappa shape index (κ2) is 9.19. The molecule has 1 fully saturated rings. The molecule has 2 aromatic heterocycles. The molecule has 0 saturated carbocycles. The molecule has 1 saturated heterocycles. The summed E-state index contributed by atoms with van der Waals surface area (Å²) in [6.07, 6.45) is 1.71. The highest BCUT2D eigenvalue weighted by Gasteiger charge is 2.17. The largest absolute Gasteiger partial charge is 0.397 e. The summed E-state index contributed by atoms with van der Waals surface area (Å²) < 4.78 is 14.4. The maximum absolute atomic E-state index is 14.4. The van der Waals surface area contributed by atoms with Crippen molar-refractivity contribution in [1.29, 1.82) is 0 Å². The van der Waals surface area contributed by atoms with Crippen molar-refractivity contribution in [1.82, 2.24) is 20.5 Å². The lowest BCUT2D eigenvalue weighted by Crippen LogP contribution is -2.42. The molecule has 2 aromatic rings. The lowest BCUT2D eigenvalue weighted by atomic mass is 10.1. The minimum Gasteiger partial charge on any atom is -0.397 e. The number of amides is 1. The Bertz CT molecular complexity index is 975. The van der Waals surface area contributed by atoms with Gasteiger partial charge in [-0.3, -0.25) is 4.79 Å². The number of pyridine rings is 1. The quantitative estimate of drug-likeness (QED) is 0.605. The zero-order valence-corrected chi connectivity index (χ0v) is 17.4. The molecule has 0 bridgehead atoms. The number of halogens is 1. The Balaban J connectivity index is 1.54. The number of fused-ring (bicyclic) bond motifs is 1. The lowest BCUT2D eigenvalue weighted by Gasteiger charge is -2.29. The van der Waals surface area contributed by atoms with Gasteiger partial charge in [0.25, 0.3) is 5.91 Å². The first-order valence-electron chi connectivity index (χ1n) is 9.50. The monoisotopic (exact) mass is 415 g/mol. The maximum atomic E-state index is 14.4. The van der Waals surface area contributed by atoms with Gasteiger partial charge in [0, 0.05) is 49.5 Å². The summed E-state index contributed by atoms with van der Waals surface area (Å²) in [5.74, 6) is -0.700. The van der Waals surface area contributed by atoms with Crippen LogP contribution in [-0.4, -0.2) is 48.5 Å². The van der Waals surface area contributed by atoms with Gasteiger partial charge in [-0.05, 0) is 37.1 Å². The number of aryl methyl sites for hydroxylation is 1. The molecule has 4 N–H and O–H groups in total. The van der Waals surface area contributed by atoms with Crippen molar-refractivity contribution in [3.8, 4) is 0 Å². The Hall–Kier alpha value is -2.71. The van der Waals surface area contributed by atoms with Gasteiger partial charge in [0.15, 0.2) is 0 Å². The van der Waals surface area contributed by atoms with E-state index in [9.17, 15) is 9.18 Å². The van der Waals surface area contributed by atoms with Crippen molar-refractivity contribution in [3.63, 3.8) is 0 Å². The zero-order chi connectivity index (χ0) is 21.0. The van der Waals surface area contributed by atoms with Gasteiger partial charge in [-0.1, -0.05) is 13.2 Å². The van der Waals surface area contributed by atoms with E-state index in [4.69, 9.17) is 5.73 Å². The van der Waals surface area contributed by atoms with Crippen LogP contribution in [0.15, 0.2) is 48.5 Å². The van der Waals surface area contributed by atoms with Crippen LogP contribution in [0.25, 0.3) is 10.2 Å². The van der Waals surface area contributed by atoms with Crippen molar-refractivity contribution in [2.24, 2.45) is 0 Å². The van der Waals surface area contributed by atoms with Gasteiger partial charge >= 0.3 is 0 Å². The normalized spacial score (nSPS) is 14.8. The average Bonchev–Trinajstić information content (AvgIpc) is 3.04. The number of allylic oxidation sites excluding steroid dienone is 2. The van der Waals surface area contributed by atoms with Crippen molar-refractivity contribution in [3.05, 3.63) is 59.0 Å². The highest BCUT2D eigenvalue weighted by atomic mass is 32.1. The number of hydrogen-bond acceptors (Lipinski definition) is 6. The molecule has 1 aliphatic heterocycles. The number of hydrogen-bond donors (Lipinski definition) is 3. The minimum absolute atomic E-state index is 0.263. The number of nitrogens with one attached hydrogen (secondary N) is 2. The first kappa shape index (κ1) is 21.0. The van der Waals surface area contributed by atoms with Crippen molar-refractivity contribution in [2.45, 2.75) is 13.3 Å². The van der Waals surface area contributed by atoms with Gasteiger partial charge < -0.3 is 21.3 Å². The van der Waals surface area contributed by atoms with Gasteiger partial charge in [-0.15, -0.1) is 11.3 Å². The van der Waals surface area contributed by atoms with Crippen LogP contribution in [0.4, 0.5) is 10.1 Å². The standard InChI is InChI=1S/C21H26FN5OS/c1-13(17(22)12-15(3)27-10-8-24-9-11-27)6-7-25-20(28)19-18(23)16-5-4-14(2)26-21(16)29-19/h4-5,12,24H,1,3,6-11,23H2,2H3,(H,25,28)/b17-12+. The Morgan fingerprint density at radius 3 is 2.86 bits per heavy atom. The maximum Gasteiger partial charge on any atom is 0.263 e. The van der Waals surface area contributed by atoms with E-state index in [1.807, 2.05) is 24.0 Å². The third-order valence-corrected chi connectivity index (χ3v) is 5.92. The van der Waals surface area contributed by atoms with Crippen LogP contribution in [0, 0.1) is 6.92 Å². The fourth-order valence-electron chi connectivity index (χ4n) is 3.08. The summed E-state index contributed by atoms with van der Waals surface area (Å²) in [6.45, 7) is 13.2. The molecular formula is C21H26FN5OS. The smallest absolute Gasteiger partial charge is 0.263 e. The lowest BCUT2D eigenvalue weighted by molar-refractivity contribution is 0.0959. The van der Waals surface area contributed by atoms with Gasteiger partial charge in [0.1, 0.15) is 15.5 Å². The zero-order valence-electron chi connectivity index (χ0n) is 16.6. The van der Waals surface area contributed by atoms with Gasteiger partial charge in [-0.25, -0.2) is 9.37 Å². The summed E-state index contributed by atoms with van der Waals surface area (Å²) in [7, 11) is 0. The van der Waals surface area contributed by atoms with Crippen LogP contribution < -0.4 is 16.4 Å². The fourth-order valence-corrected chi connectivity index (χ4v) is 4.13. The molecule has 0 unspecified atom stereocenters. The fraction of sp³-hybridized carbons (Fsp3) is 0.333. The van der Waals surface area contributed by atoms with E-state index in [0.29, 0.717) is 28.3 Å². The first-order valence-corrected chi connectivity index (χ1v) is 10.3. The van der Waals surface area contributed by atoms with Crippen molar-refractivity contribution < 1.29 is 9.18 Å². The van der Waals surface area contributed by atoms with Crippen LogP contribution >= 0.6 is 11.3 Å². The van der Waals surface area contributed by atoms with E-state index in [2.05, 4.69) is 28.8 Å². The van der Waals surface area contributed by atoms with Crippen LogP contribution in [0.3, 0.4) is 0 Å². The summed E-state index contributed by atoms with van der Waals surface area (Å²) in [6, 6.07) is 3.73. The van der Waals surface area contributed by atoms with Gasteiger partial charge in [-0.2, -0.15) is 0 Å². The molecule has 0 atom stereocenters. The predicted octanol–water partition coefficient (Wildman–Crippen LogP) is 3.14. The highest BCUT2D eigenvalue weighted by Crippen LogP contribution is 2.32. The van der Waals surface area contributed by atoms with Gasteiger partial charge in [0.2, 0.25) is 0 Å². The molecule has 1 aliphatic rings.